The third-order valence-electron chi connectivity index (χ3n) is 6.17. The first kappa shape index (κ1) is 24.9. The molecule has 2 amide bonds. The average molecular weight is 486 g/mol. The number of nitrogens with one attached hydrogen (secondary N) is 3. The Kier molecular flexibility index (Phi) is 7.59. The van der Waals surface area contributed by atoms with Crippen molar-refractivity contribution in [3.05, 3.63) is 71.8 Å². The molecule has 4 rings (SSSR count). The summed E-state index contributed by atoms with van der Waals surface area (Å²) in [7, 11) is 3.27. The number of H-pyrrole nitrogens is 1. The third-order valence-corrected chi connectivity index (χ3v) is 6.17. The predicted molar refractivity (Wildman–Crippen MR) is 143 cm³/mol. The summed E-state index contributed by atoms with van der Waals surface area (Å²) in [6, 6.07) is 19.8. The molecule has 0 aliphatic carbocycles. The number of benzene rings is 3. The Morgan fingerprint density at radius 2 is 1.56 bits per heavy atom. The van der Waals surface area contributed by atoms with Gasteiger partial charge in [-0.05, 0) is 65.6 Å². The molecule has 0 aliphatic heterocycles. The Balaban J connectivity index is 1.65. The van der Waals surface area contributed by atoms with E-state index >= 15 is 0 Å². The SMILES string of the molecule is CCc1c(-c2ccc(OC)c(OC)c2)[nH]c2ccc(-c3cccc(C(=O)NCCNC(C)=O)c3)cc12. The maximum atomic E-state index is 12.6. The molecule has 0 radical (unpaired) electrons. The Morgan fingerprint density at radius 1 is 0.833 bits per heavy atom. The zero-order valence-corrected chi connectivity index (χ0v) is 21.0. The van der Waals surface area contributed by atoms with Gasteiger partial charge in [0.1, 0.15) is 0 Å². The monoisotopic (exact) mass is 485 g/mol. The minimum absolute atomic E-state index is 0.118. The van der Waals surface area contributed by atoms with Crippen molar-refractivity contribution in [1.29, 1.82) is 0 Å². The van der Waals surface area contributed by atoms with Gasteiger partial charge in [0.25, 0.3) is 5.91 Å². The lowest BCUT2D eigenvalue weighted by Gasteiger charge is -2.10. The van der Waals surface area contributed by atoms with Crippen LogP contribution in [0.5, 0.6) is 11.5 Å². The molecule has 36 heavy (non-hydrogen) atoms. The number of methoxy groups -OCH3 is 2. The summed E-state index contributed by atoms with van der Waals surface area (Å²) in [5.41, 5.74) is 6.91. The van der Waals surface area contributed by atoms with E-state index in [1.807, 2.05) is 36.4 Å². The zero-order valence-electron chi connectivity index (χ0n) is 21.0. The lowest BCUT2D eigenvalue weighted by molar-refractivity contribution is -0.118. The number of fused-ring (bicyclic) bond motifs is 1. The fourth-order valence-corrected chi connectivity index (χ4v) is 4.39. The summed E-state index contributed by atoms with van der Waals surface area (Å²) >= 11 is 0. The summed E-state index contributed by atoms with van der Waals surface area (Å²) in [5, 5.41) is 6.66. The van der Waals surface area contributed by atoms with Gasteiger partial charge in [-0.15, -0.1) is 0 Å². The zero-order chi connectivity index (χ0) is 25.7. The van der Waals surface area contributed by atoms with Crippen LogP contribution in [0, 0.1) is 0 Å². The van der Waals surface area contributed by atoms with Crippen molar-refractivity contribution in [3.8, 4) is 33.9 Å². The van der Waals surface area contributed by atoms with Crippen LogP contribution in [0.15, 0.2) is 60.7 Å². The van der Waals surface area contributed by atoms with Crippen LogP contribution >= 0.6 is 0 Å². The average Bonchev–Trinajstić information content (AvgIpc) is 3.28. The maximum Gasteiger partial charge on any atom is 0.251 e. The molecule has 186 valence electrons. The van der Waals surface area contributed by atoms with Gasteiger partial charge in [-0.1, -0.05) is 25.1 Å². The molecule has 0 saturated heterocycles. The molecule has 1 aromatic heterocycles. The molecule has 0 atom stereocenters. The normalized spacial score (nSPS) is 10.8. The van der Waals surface area contributed by atoms with Crippen LogP contribution in [0.3, 0.4) is 0 Å². The lowest BCUT2D eigenvalue weighted by atomic mass is 9.98. The van der Waals surface area contributed by atoms with Crippen molar-refractivity contribution < 1.29 is 19.1 Å². The molecule has 0 fully saturated rings. The molecule has 7 nitrogen and oxygen atoms in total. The van der Waals surface area contributed by atoms with Crippen LogP contribution in [-0.2, 0) is 11.2 Å². The second-order valence-electron chi connectivity index (χ2n) is 8.48. The molecule has 7 heteroatoms. The molecular weight excluding hydrogens is 454 g/mol. The number of aromatic amines is 1. The number of aromatic nitrogens is 1. The summed E-state index contributed by atoms with van der Waals surface area (Å²) in [6.45, 7) is 4.36. The largest absolute Gasteiger partial charge is 0.493 e. The molecule has 1 heterocycles. The summed E-state index contributed by atoms with van der Waals surface area (Å²) in [4.78, 5) is 27.2. The highest BCUT2D eigenvalue weighted by molar-refractivity contribution is 5.97. The minimum atomic E-state index is -0.171. The number of hydrogen-bond acceptors (Lipinski definition) is 4. The quantitative estimate of drug-likeness (QED) is 0.293. The van der Waals surface area contributed by atoms with E-state index in [-0.39, 0.29) is 11.8 Å². The smallest absolute Gasteiger partial charge is 0.251 e. The van der Waals surface area contributed by atoms with Crippen LogP contribution in [0.1, 0.15) is 29.8 Å². The molecule has 4 aromatic rings. The Morgan fingerprint density at radius 3 is 2.28 bits per heavy atom. The fourth-order valence-electron chi connectivity index (χ4n) is 4.39. The third kappa shape index (κ3) is 5.20. The number of aryl methyl sites for hydroxylation is 1. The first-order valence-electron chi connectivity index (χ1n) is 11.9. The summed E-state index contributed by atoms with van der Waals surface area (Å²) in [5.74, 6) is 1.09. The molecule has 0 bridgehead atoms. The van der Waals surface area contributed by atoms with Gasteiger partial charge in [-0.3, -0.25) is 9.59 Å². The molecule has 3 aromatic carbocycles. The highest BCUT2D eigenvalue weighted by Gasteiger charge is 2.15. The van der Waals surface area contributed by atoms with E-state index in [1.165, 1.54) is 12.5 Å². The van der Waals surface area contributed by atoms with Crippen molar-refractivity contribution in [1.82, 2.24) is 15.6 Å². The van der Waals surface area contributed by atoms with Crippen LogP contribution in [-0.4, -0.2) is 44.1 Å². The first-order valence-corrected chi connectivity index (χ1v) is 11.9. The van der Waals surface area contributed by atoms with E-state index in [4.69, 9.17) is 9.47 Å². The van der Waals surface area contributed by atoms with E-state index in [2.05, 4.69) is 40.7 Å². The number of hydrogen-bond donors (Lipinski definition) is 3. The van der Waals surface area contributed by atoms with Gasteiger partial charge in [0.2, 0.25) is 5.91 Å². The molecular formula is C29H31N3O4. The standard InChI is InChI=1S/C29H31N3O4/c1-5-23-24-16-20(19-7-6-8-22(15-19)29(34)31-14-13-30-18(2)33)9-11-25(24)32-28(23)21-10-12-26(35-3)27(17-21)36-4/h6-12,15-17,32H,5,13-14H2,1-4H3,(H,30,33)(H,31,34). The Hall–Kier alpha value is -4.26. The maximum absolute atomic E-state index is 12.6. The van der Waals surface area contributed by atoms with E-state index in [9.17, 15) is 9.59 Å². The summed E-state index contributed by atoms with van der Waals surface area (Å²) < 4.78 is 10.9. The lowest BCUT2D eigenvalue weighted by Crippen LogP contribution is -2.33. The highest BCUT2D eigenvalue weighted by Crippen LogP contribution is 2.37. The van der Waals surface area contributed by atoms with Crippen LogP contribution < -0.4 is 20.1 Å². The van der Waals surface area contributed by atoms with Crippen LogP contribution in [0.4, 0.5) is 0 Å². The molecule has 0 spiro atoms. The number of carbonyl (C=O) groups is 2. The van der Waals surface area contributed by atoms with Gasteiger partial charge >= 0.3 is 0 Å². The van der Waals surface area contributed by atoms with Gasteiger partial charge in [0.15, 0.2) is 11.5 Å². The van der Waals surface area contributed by atoms with Gasteiger partial charge in [-0.2, -0.15) is 0 Å². The second-order valence-corrected chi connectivity index (χ2v) is 8.48. The van der Waals surface area contributed by atoms with Gasteiger partial charge in [0, 0.05) is 47.7 Å². The molecule has 0 aliphatic rings. The molecule has 0 saturated carbocycles. The highest BCUT2D eigenvalue weighted by atomic mass is 16.5. The van der Waals surface area contributed by atoms with Crippen LogP contribution in [0.2, 0.25) is 0 Å². The number of carbonyl (C=O) groups excluding carboxylic acids is 2. The Bertz CT molecular complexity index is 1410. The van der Waals surface area contributed by atoms with E-state index in [0.29, 0.717) is 30.2 Å². The number of amides is 2. The van der Waals surface area contributed by atoms with Gasteiger partial charge in [0.05, 0.1) is 14.2 Å². The van der Waals surface area contributed by atoms with Gasteiger partial charge < -0.3 is 25.1 Å². The van der Waals surface area contributed by atoms with E-state index in [0.717, 1.165) is 39.7 Å². The number of rotatable bonds is 9. The predicted octanol–water partition coefficient (Wildman–Crippen LogP) is 4.95. The summed E-state index contributed by atoms with van der Waals surface area (Å²) in [6.07, 6.45) is 0.851. The first-order chi connectivity index (χ1) is 17.4. The van der Waals surface area contributed by atoms with E-state index < -0.39 is 0 Å². The van der Waals surface area contributed by atoms with E-state index in [1.54, 1.807) is 20.3 Å². The van der Waals surface area contributed by atoms with Crippen LogP contribution in [0.25, 0.3) is 33.3 Å². The van der Waals surface area contributed by atoms with Gasteiger partial charge in [-0.25, -0.2) is 0 Å². The second kappa shape index (κ2) is 11.0. The van der Waals surface area contributed by atoms with Crippen molar-refractivity contribution in [2.75, 3.05) is 27.3 Å². The Labute approximate surface area is 210 Å². The minimum Gasteiger partial charge on any atom is -0.493 e. The van der Waals surface area contributed by atoms with Crippen molar-refractivity contribution in [2.24, 2.45) is 0 Å². The topological polar surface area (TPSA) is 92.4 Å². The molecule has 3 N–H and O–H groups in total. The molecule has 0 unspecified atom stereocenters. The van der Waals surface area contributed by atoms with Crippen molar-refractivity contribution >= 4 is 22.7 Å². The van der Waals surface area contributed by atoms with Crippen molar-refractivity contribution in [3.63, 3.8) is 0 Å². The fraction of sp³-hybridized carbons (Fsp3) is 0.241. The van der Waals surface area contributed by atoms with Crippen molar-refractivity contribution in [2.45, 2.75) is 20.3 Å². The number of ether oxygens (including phenoxy) is 2.